The van der Waals surface area contributed by atoms with Gasteiger partial charge in [-0.15, -0.1) is 11.6 Å². The van der Waals surface area contributed by atoms with E-state index in [0.29, 0.717) is 23.6 Å². The Morgan fingerprint density at radius 2 is 2.06 bits per heavy atom. The number of halogens is 1. The number of nitrogens with zero attached hydrogens (tertiary/aromatic N) is 1. The largest absolute Gasteiger partial charge is 0.493 e. The van der Waals surface area contributed by atoms with Gasteiger partial charge in [-0.1, -0.05) is 6.07 Å². The summed E-state index contributed by atoms with van der Waals surface area (Å²) in [5.74, 6) is 0.841. The average Bonchev–Trinajstić information content (AvgIpc) is 2.35. The Hall–Kier alpha value is -1.42. The summed E-state index contributed by atoms with van der Waals surface area (Å²) in [5, 5.41) is -0.101. The van der Waals surface area contributed by atoms with Gasteiger partial charge < -0.3 is 14.4 Å². The van der Waals surface area contributed by atoms with E-state index in [1.54, 1.807) is 30.1 Å². The van der Waals surface area contributed by atoms with E-state index in [9.17, 15) is 4.79 Å². The fourth-order valence-corrected chi connectivity index (χ4v) is 1.93. The topological polar surface area (TPSA) is 38.8 Å². The first-order valence-electron chi connectivity index (χ1n) is 5.61. The molecular weight excluding hydrogens is 254 g/mol. The van der Waals surface area contributed by atoms with Crippen molar-refractivity contribution in [2.45, 2.75) is 12.3 Å². The lowest BCUT2D eigenvalue weighted by atomic mass is 10.1. The van der Waals surface area contributed by atoms with Crippen LogP contribution in [0.25, 0.3) is 0 Å². The summed E-state index contributed by atoms with van der Waals surface area (Å²) in [5.41, 5.74) is 0.469. The molecule has 0 fully saturated rings. The molecule has 0 heterocycles. The van der Waals surface area contributed by atoms with Crippen LogP contribution in [0.4, 0.5) is 0 Å². The smallest absolute Gasteiger partial charge is 0.257 e. The van der Waals surface area contributed by atoms with Crippen molar-refractivity contribution in [3.05, 3.63) is 23.8 Å². The van der Waals surface area contributed by atoms with Crippen molar-refractivity contribution >= 4 is 17.5 Å². The number of rotatable bonds is 5. The number of alkyl halides is 1. The molecule has 0 spiro atoms. The molecule has 0 aliphatic heterocycles. The molecule has 1 atom stereocenters. The van der Waals surface area contributed by atoms with Gasteiger partial charge in [0.1, 0.15) is 0 Å². The molecule has 0 saturated heterocycles. The second-order valence-corrected chi connectivity index (χ2v) is 4.75. The zero-order valence-corrected chi connectivity index (χ0v) is 11.8. The zero-order chi connectivity index (χ0) is 13.7. The molecular formula is C13H18ClNO3. The molecule has 1 aromatic rings. The highest BCUT2D eigenvalue weighted by Crippen LogP contribution is 2.31. The van der Waals surface area contributed by atoms with Crippen LogP contribution in [0.3, 0.4) is 0 Å². The second-order valence-electron chi connectivity index (χ2n) is 4.01. The zero-order valence-electron chi connectivity index (χ0n) is 11.1. The number of hydrogen-bond donors (Lipinski definition) is 0. The summed E-state index contributed by atoms with van der Waals surface area (Å²) in [6, 6.07) is 5.21. The molecule has 0 aliphatic carbocycles. The summed E-state index contributed by atoms with van der Waals surface area (Å²) in [4.78, 5) is 13.8. The Kier molecular flexibility index (Phi) is 5.28. The molecule has 0 saturated carbocycles. The summed E-state index contributed by atoms with van der Waals surface area (Å²) < 4.78 is 10.4. The van der Waals surface area contributed by atoms with E-state index in [1.807, 2.05) is 6.92 Å². The van der Waals surface area contributed by atoms with Crippen LogP contribution in [-0.2, 0) is 0 Å². The molecule has 0 aliphatic rings. The van der Waals surface area contributed by atoms with E-state index in [0.717, 1.165) is 0 Å². The molecule has 5 heteroatoms. The maximum Gasteiger partial charge on any atom is 0.257 e. The first kappa shape index (κ1) is 14.6. The van der Waals surface area contributed by atoms with Gasteiger partial charge in [0.15, 0.2) is 11.5 Å². The predicted octanol–water partition coefficient (Wildman–Crippen LogP) is 2.40. The number of carbonyl (C=O) groups excluding carboxylic acids is 1. The quantitative estimate of drug-likeness (QED) is 0.772. The summed E-state index contributed by atoms with van der Waals surface area (Å²) >= 11 is 5.89. The van der Waals surface area contributed by atoms with Gasteiger partial charge in [0.25, 0.3) is 5.91 Å². The third-order valence-electron chi connectivity index (χ3n) is 2.51. The van der Waals surface area contributed by atoms with Gasteiger partial charge in [0.2, 0.25) is 0 Å². The number of benzene rings is 1. The number of ether oxygens (including phenoxy) is 2. The van der Waals surface area contributed by atoms with Crippen LogP contribution in [0.15, 0.2) is 18.2 Å². The second kappa shape index (κ2) is 6.50. The molecule has 0 bridgehead atoms. The molecule has 100 valence electrons. The van der Waals surface area contributed by atoms with Gasteiger partial charge in [-0.05, 0) is 19.1 Å². The van der Waals surface area contributed by atoms with Crippen molar-refractivity contribution in [1.82, 2.24) is 4.90 Å². The van der Waals surface area contributed by atoms with Crippen LogP contribution in [0.1, 0.15) is 17.3 Å². The van der Waals surface area contributed by atoms with E-state index in [2.05, 4.69) is 0 Å². The van der Waals surface area contributed by atoms with Gasteiger partial charge in [0, 0.05) is 19.0 Å². The maximum absolute atomic E-state index is 12.3. The van der Waals surface area contributed by atoms with Gasteiger partial charge in [-0.2, -0.15) is 0 Å². The van der Waals surface area contributed by atoms with Crippen molar-refractivity contribution in [3.63, 3.8) is 0 Å². The Labute approximate surface area is 112 Å². The SMILES string of the molecule is COc1cccc(C(=O)N(C)CC(C)Cl)c1OC. The van der Waals surface area contributed by atoms with E-state index in [4.69, 9.17) is 21.1 Å². The molecule has 4 nitrogen and oxygen atoms in total. The highest BCUT2D eigenvalue weighted by atomic mass is 35.5. The van der Waals surface area contributed by atoms with E-state index in [-0.39, 0.29) is 11.3 Å². The van der Waals surface area contributed by atoms with Crippen LogP contribution in [-0.4, -0.2) is 44.0 Å². The summed E-state index contributed by atoms with van der Waals surface area (Å²) in [6.45, 7) is 2.31. The highest BCUT2D eigenvalue weighted by molar-refractivity contribution is 6.20. The third-order valence-corrected chi connectivity index (χ3v) is 2.64. The minimum atomic E-state index is -0.141. The molecule has 0 radical (unpaired) electrons. The van der Waals surface area contributed by atoms with Crippen molar-refractivity contribution in [2.75, 3.05) is 27.8 Å². The molecule has 0 N–H and O–H groups in total. The Bertz CT molecular complexity index is 421. The Morgan fingerprint density at radius 1 is 1.39 bits per heavy atom. The van der Waals surface area contributed by atoms with Gasteiger partial charge in [-0.25, -0.2) is 0 Å². The number of hydrogen-bond acceptors (Lipinski definition) is 3. The van der Waals surface area contributed by atoms with Crippen LogP contribution in [0.2, 0.25) is 0 Å². The number of amides is 1. The van der Waals surface area contributed by atoms with Crippen LogP contribution in [0, 0.1) is 0 Å². The minimum absolute atomic E-state index is 0.101. The van der Waals surface area contributed by atoms with Crippen LogP contribution >= 0.6 is 11.6 Å². The first-order valence-corrected chi connectivity index (χ1v) is 6.05. The lowest BCUT2D eigenvalue weighted by Crippen LogP contribution is -2.31. The summed E-state index contributed by atoms with van der Waals surface area (Å²) in [7, 11) is 4.76. The van der Waals surface area contributed by atoms with E-state index >= 15 is 0 Å². The predicted molar refractivity (Wildman–Crippen MR) is 71.8 cm³/mol. The van der Waals surface area contributed by atoms with E-state index < -0.39 is 0 Å². The Balaban J connectivity index is 3.05. The standard InChI is InChI=1S/C13H18ClNO3/c1-9(14)8-15(2)13(16)10-6-5-7-11(17-3)12(10)18-4/h5-7,9H,8H2,1-4H3. The number of para-hydroxylation sites is 1. The average molecular weight is 272 g/mol. The van der Waals surface area contributed by atoms with Crippen LogP contribution in [0.5, 0.6) is 11.5 Å². The maximum atomic E-state index is 12.3. The molecule has 18 heavy (non-hydrogen) atoms. The number of methoxy groups -OCH3 is 2. The third kappa shape index (κ3) is 3.29. The van der Waals surface area contributed by atoms with E-state index in [1.165, 1.54) is 14.2 Å². The molecule has 0 aromatic heterocycles. The van der Waals surface area contributed by atoms with Gasteiger partial charge in [-0.3, -0.25) is 4.79 Å². The van der Waals surface area contributed by atoms with Crippen molar-refractivity contribution < 1.29 is 14.3 Å². The minimum Gasteiger partial charge on any atom is -0.493 e. The monoisotopic (exact) mass is 271 g/mol. The molecule has 1 aromatic carbocycles. The molecule has 1 rings (SSSR count). The number of carbonyl (C=O) groups is 1. The molecule has 1 unspecified atom stereocenters. The fraction of sp³-hybridized carbons (Fsp3) is 0.462. The molecule has 1 amide bonds. The van der Waals surface area contributed by atoms with Gasteiger partial charge in [0.05, 0.1) is 19.8 Å². The lowest BCUT2D eigenvalue weighted by Gasteiger charge is -2.20. The van der Waals surface area contributed by atoms with Crippen molar-refractivity contribution in [3.8, 4) is 11.5 Å². The highest BCUT2D eigenvalue weighted by Gasteiger charge is 2.20. The normalized spacial score (nSPS) is 11.8. The Morgan fingerprint density at radius 3 is 2.56 bits per heavy atom. The van der Waals surface area contributed by atoms with Gasteiger partial charge >= 0.3 is 0 Å². The summed E-state index contributed by atoms with van der Waals surface area (Å²) in [6.07, 6.45) is 0. The van der Waals surface area contributed by atoms with Crippen LogP contribution < -0.4 is 9.47 Å². The fourth-order valence-electron chi connectivity index (χ4n) is 1.72. The van der Waals surface area contributed by atoms with Crippen molar-refractivity contribution in [1.29, 1.82) is 0 Å². The lowest BCUT2D eigenvalue weighted by molar-refractivity contribution is 0.0792. The first-order chi connectivity index (χ1) is 8.51. The van der Waals surface area contributed by atoms with Crippen molar-refractivity contribution in [2.24, 2.45) is 0 Å².